The van der Waals surface area contributed by atoms with Gasteiger partial charge in [0.1, 0.15) is 12.7 Å². The van der Waals surface area contributed by atoms with Crippen molar-refractivity contribution in [2.75, 3.05) is 30.0 Å². The summed E-state index contributed by atoms with van der Waals surface area (Å²) in [6, 6.07) is 19.4. The summed E-state index contributed by atoms with van der Waals surface area (Å²) in [6.45, 7) is 9.81. The Morgan fingerprint density at radius 3 is 2.80 bits per heavy atom. The number of benzene rings is 2. The van der Waals surface area contributed by atoms with Gasteiger partial charge in [0.15, 0.2) is 5.75 Å². The van der Waals surface area contributed by atoms with Crippen molar-refractivity contribution in [2.24, 2.45) is 11.3 Å². The number of para-hydroxylation sites is 1. The highest BCUT2D eigenvalue weighted by molar-refractivity contribution is 7.89. The van der Waals surface area contributed by atoms with Crippen molar-refractivity contribution < 1.29 is 18.8 Å². The van der Waals surface area contributed by atoms with Crippen LogP contribution in [0.2, 0.25) is 4.34 Å². The molecule has 12 heteroatoms. The number of aromatic nitrogens is 1. The van der Waals surface area contributed by atoms with Crippen LogP contribution in [0.15, 0.2) is 78.0 Å². The van der Waals surface area contributed by atoms with Gasteiger partial charge in [-0.3, -0.25) is 9.78 Å². The fraction of sp³-hybridized carbons (Fsp3) is 0.353. The third kappa shape index (κ3) is 8.14. The summed E-state index contributed by atoms with van der Waals surface area (Å²) in [5, 5.41) is 5.24. The number of carbonyl (C=O) groups is 1. The number of thiophene rings is 1. The standard InChI is InChI=1S/C34H40ClN5O4S2/c1-5-40(36)28-13-9-10-23(2)31(28)38-18-26-21-39(46(42)30-19-37-15-14-29(30)44-26)20-25-16-27(45-32(25)35)17-34(3,4)33(41)43-22-24-11-7-6-8-12-24/h6-16,19,26,38H,5,17-18,20-22,36H2,1-4H3/t26-,46?/m1/s1. The van der Waals surface area contributed by atoms with Crippen molar-refractivity contribution in [1.29, 1.82) is 0 Å². The van der Waals surface area contributed by atoms with E-state index in [1.807, 2.05) is 86.6 Å². The molecule has 0 saturated carbocycles. The van der Waals surface area contributed by atoms with E-state index in [0.29, 0.717) is 47.6 Å². The molecule has 0 aliphatic carbocycles. The van der Waals surface area contributed by atoms with Gasteiger partial charge in [0.05, 0.1) is 58.3 Å². The summed E-state index contributed by atoms with van der Waals surface area (Å²) in [6.07, 6.45) is 3.34. The largest absolute Gasteiger partial charge is 0.593 e. The van der Waals surface area contributed by atoms with Crippen LogP contribution in [0.25, 0.3) is 0 Å². The van der Waals surface area contributed by atoms with Gasteiger partial charge in [0.25, 0.3) is 0 Å². The van der Waals surface area contributed by atoms with E-state index < -0.39 is 16.8 Å². The van der Waals surface area contributed by atoms with E-state index in [-0.39, 0.29) is 18.7 Å². The first-order chi connectivity index (χ1) is 22.1. The number of ether oxygens (including phenoxy) is 2. The average Bonchev–Trinajstić information content (AvgIpc) is 3.32. The summed E-state index contributed by atoms with van der Waals surface area (Å²) in [5.74, 6) is 6.53. The number of hydrogen-bond acceptors (Lipinski definition) is 10. The lowest BCUT2D eigenvalue weighted by Crippen LogP contribution is -2.40. The molecule has 0 saturated heterocycles. The van der Waals surface area contributed by atoms with Crippen LogP contribution in [0, 0.1) is 12.3 Å². The van der Waals surface area contributed by atoms with E-state index in [1.54, 1.807) is 23.5 Å². The summed E-state index contributed by atoms with van der Waals surface area (Å²) in [4.78, 5) is 18.7. The van der Waals surface area contributed by atoms with Gasteiger partial charge in [0, 0.05) is 29.2 Å². The molecule has 0 spiro atoms. The van der Waals surface area contributed by atoms with E-state index in [4.69, 9.17) is 26.9 Å². The lowest BCUT2D eigenvalue weighted by Gasteiger charge is -2.26. The lowest BCUT2D eigenvalue weighted by atomic mass is 9.88. The second kappa shape index (κ2) is 15.1. The number of nitrogens with zero attached hydrogens (tertiary/aromatic N) is 3. The molecule has 46 heavy (non-hydrogen) atoms. The third-order valence-corrected chi connectivity index (χ3v) is 10.7. The van der Waals surface area contributed by atoms with Crippen LogP contribution >= 0.6 is 22.9 Å². The van der Waals surface area contributed by atoms with Crippen molar-refractivity contribution in [3.8, 4) is 5.75 Å². The molecule has 0 fully saturated rings. The molecule has 2 aromatic carbocycles. The predicted octanol–water partition coefficient (Wildman–Crippen LogP) is 6.51. The smallest absolute Gasteiger partial charge is 0.312 e. The Balaban J connectivity index is 1.30. The molecule has 1 unspecified atom stereocenters. The van der Waals surface area contributed by atoms with Crippen molar-refractivity contribution in [3.63, 3.8) is 0 Å². The van der Waals surface area contributed by atoms with Gasteiger partial charge in [-0.2, -0.15) is 0 Å². The number of hydrogen-bond donors (Lipinski definition) is 2. The zero-order valence-corrected chi connectivity index (χ0v) is 28.9. The summed E-state index contributed by atoms with van der Waals surface area (Å²) < 4.78 is 28.4. The molecule has 0 bridgehead atoms. The van der Waals surface area contributed by atoms with Crippen LogP contribution in [0.1, 0.15) is 42.3 Å². The van der Waals surface area contributed by atoms with Crippen LogP contribution in [0.3, 0.4) is 0 Å². The minimum atomic E-state index is -1.54. The molecule has 0 amide bonds. The van der Waals surface area contributed by atoms with Crippen LogP contribution < -0.4 is 20.9 Å². The number of pyridine rings is 1. The highest BCUT2D eigenvalue weighted by Gasteiger charge is 2.36. The second-order valence-electron chi connectivity index (χ2n) is 11.9. The normalized spacial score (nSPS) is 16.7. The maximum absolute atomic E-state index is 13.9. The van der Waals surface area contributed by atoms with Gasteiger partial charge in [-0.1, -0.05) is 54.1 Å². The molecule has 4 aromatic rings. The van der Waals surface area contributed by atoms with Crippen LogP contribution in [0.5, 0.6) is 5.75 Å². The van der Waals surface area contributed by atoms with Gasteiger partial charge in [-0.15, -0.1) is 15.6 Å². The highest BCUT2D eigenvalue weighted by atomic mass is 35.5. The summed E-state index contributed by atoms with van der Waals surface area (Å²) >= 11 is 6.65. The molecule has 1 aliphatic heterocycles. The molecule has 5 rings (SSSR count). The van der Waals surface area contributed by atoms with Crippen LogP contribution in [-0.4, -0.2) is 45.5 Å². The van der Waals surface area contributed by atoms with E-state index in [0.717, 1.165) is 32.9 Å². The van der Waals surface area contributed by atoms with Gasteiger partial charge < -0.3 is 24.4 Å². The maximum atomic E-state index is 13.9. The van der Waals surface area contributed by atoms with Gasteiger partial charge in [-0.25, -0.2) is 5.84 Å². The average molecular weight is 682 g/mol. The fourth-order valence-corrected chi connectivity index (χ4v) is 8.06. The minimum Gasteiger partial charge on any atom is -0.593 e. The number of halogens is 1. The number of hydrazine groups is 1. The second-order valence-corrected chi connectivity index (χ2v) is 15.1. The Morgan fingerprint density at radius 1 is 1.26 bits per heavy atom. The minimum absolute atomic E-state index is 0.225. The number of nitrogens with two attached hydrogens (primary N) is 1. The molecular weight excluding hydrogens is 642 g/mol. The highest BCUT2D eigenvalue weighted by Crippen LogP contribution is 2.37. The molecule has 3 heterocycles. The van der Waals surface area contributed by atoms with Crippen LogP contribution in [-0.2, 0) is 40.5 Å². The van der Waals surface area contributed by atoms with E-state index in [2.05, 4.69) is 10.3 Å². The number of nitrogens with one attached hydrogen (secondary N) is 1. The molecule has 2 atom stereocenters. The number of aryl methyl sites for hydroxylation is 1. The monoisotopic (exact) mass is 681 g/mol. The maximum Gasteiger partial charge on any atom is 0.312 e. The van der Waals surface area contributed by atoms with Gasteiger partial charge in [-0.05, 0) is 57.4 Å². The zero-order chi connectivity index (χ0) is 32.8. The van der Waals surface area contributed by atoms with E-state index in [9.17, 15) is 9.35 Å². The van der Waals surface area contributed by atoms with Crippen molar-refractivity contribution >= 4 is 51.6 Å². The quantitative estimate of drug-likeness (QED) is 0.0747. The number of fused-ring (bicyclic) bond motifs is 1. The zero-order valence-electron chi connectivity index (χ0n) is 26.5. The Hall–Kier alpha value is -3.32. The van der Waals surface area contributed by atoms with Gasteiger partial charge >= 0.3 is 5.97 Å². The molecule has 3 N–H and O–H groups in total. The Kier molecular flexibility index (Phi) is 11.1. The molecule has 2 aromatic heterocycles. The van der Waals surface area contributed by atoms with Crippen molar-refractivity contribution in [2.45, 2.75) is 58.3 Å². The SMILES string of the molecule is CCN(N)c1cccc(C)c1NC[C@@H]1CN(Cc2cc(CC(C)(C)C(=O)OCc3ccccc3)sc2Cl)[S+]([O-])c2cnccc2O1. The first-order valence-corrected chi connectivity index (χ1v) is 17.5. The van der Waals surface area contributed by atoms with E-state index in [1.165, 1.54) is 11.3 Å². The number of anilines is 2. The molecule has 244 valence electrons. The van der Waals surface area contributed by atoms with Crippen molar-refractivity contribution in [1.82, 2.24) is 9.29 Å². The van der Waals surface area contributed by atoms with E-state index >= 15 is 0 Å². The van der Waals surface area contributed by atoms with Crippen LogP contribution in [0.4, 0.5) is 11.4 Å². The summed E-state index contributed by atoms with van der Waals surface area (Å²) in [7, 11) is 0. The summed E-state index contributed by atoms with van der Waals surface area (Å²) in [5.41, 5.74) is 3.90. The fourth-order valence-electron chi connectivity index (χ4n) is 5.26. The Labute approximate surface area is 283 Å². The molecular formula is C34H40ClN5O4S2. The number of esters is 1. The number of carbonyl (C=O) groups excluding carboxylic acids is 1. The number of rotatable bonds is 12. The predicted molar refractivity (Wildman–Crippen MR) is 185 cm³/mol. The lowest BCUT2D eigenvalue weighted by molar-refractivity contribution is -0.155. The Morgan fingerprint density at radius 2 is 2.04 bits per heavy atom. The first-order valence-electron chi connectivity index (χ1n) is 15.2. The van der Waals surface area contributed by atoms with Gasteiger partial charge in [0.2, 0.25) is 4.90 Å². The molecule has 0 radical (unpaired) electrons. The Bertz CT molecular complexity index is 1640. The molecule has 1 aliphatic rings. The van der Waals surface area contributed by atoms with Crippen molar-refractivity contribution in [3.05, 3.63) is 99.0 Å². The topological polar surface area (TPSA) is 116 Å². The first kappa shape index (κ1) is 34.0. The molecule has 9 nitrogen and oxygen atoms in total. The third-order valence-electron chi connectivity index (χ3n) is 7.81.